The number of benzene rings is 1. The quantitative estimate of drug-likeness (QED) is 0.772. The van der Waals surface area contributed by atoms with Crippen LogP contribution in [0.15, 0.2) is 36.9 Å². The fraction of sp³-hybridized carbons (Fsp3) is 0.500. The summed E-state index contributed by atoms with van der Waals surface area (Å²) in [5, 5.41) is 7.04. The van der Waals surface area contributed by atoms with E-state index in [0.29, 0.717) is 6.04 Å². The molecule has 23 heavy (non-hydrogen) atoms. The lowest BCUT2D eigenvalue weighted by molar-refractivity contribution is 0.226. The second-order valence-electron chi connectivity index (χ2n) is 6.35. The van der Waals surface area contributed by atoms with Crippen LogP contribution in [-0.4, -0.2) is 34.8 Å². The zero-order chi connectivity index (χ0) is 16.1. The molecule has 2 N–H and O–H groups in total. The molecule has 0 saturated carbocycles. The molecule has 0 bridgehead atoms. The number of nitrogens with one attached hydrogen (secondary N) is 2. The maximum Gasteiger partial charge on any atom is 0.142 e. The Bertz CT molecular complexity index is 611. The molecule has 0 radical (unpaired) electrons. The molecular formula is C18H26N4O. The fourth-order valence-corrected chi connectivity index (χ4v) is 2.91. The molecule has 0 amide bonds. The second-order valence-corrected chi connectivity index (χ2v) is 6.35. The highest BCUT2D eigenvalue weighted by atomic mass is 16.5. The summed E-state index contributed by atoms with van der Waals surface area (Å²) < 4.78 is 7.93. The second kappa shape index (κ2) is 7.51. The minimum absolute atomic E-state index is 0.240. The summed E-state index contributed by atoms with van der Waals surface area (Å²) in [6.45, 7) is 7.22. The molecule has 3 rings (SSSR count). The number of ether oxygens (including phenoxy) is 1. The monoisotopic (exact) mass is 314 g/mol. The summed E-state index contributed by atoms with van der Waals surface area (Å²) in [6, 6.07) is 6.92. The molecule has 1 aliphatic rings. The molecule has 2 atom stereocenters. The van der Waals surface area contributed by atoms with Crippen molar-refractivity contribution in [1.29, 1.82) is 0 Å². The van der Waals surface area contributed by atoms with Crippen molar-refractivity contribution in [2.24, 2.45) is 0 Å². The number of hydrogen-bond donors (Lipinski definition) is 2. The molecule has 2 aromatic rings. The van der Waals surface area contributed by atoms with Crippen molar-refractivity contribution in [1.82, 2.24) is 14.9 Å². The van der Waals surface area contributed by atoms with E-state index in [2.05, 4.69) is 52.2 Å². The Kier molecular flexibility index (Phi) is 5.18. The van der Waals surface area contributed by atoms with Gasteiger partial charge in [0.15, 0.2) is 0 Å². The van der Waals surface area contributed by atoms with E-state index < -0.39 is 0 Å². The van der Waals surface area contributed by atoms with Gasteiger partial charge in [0, 0.05) is 25.0 Å². The summed E-state index contributed by atoms with van der Waals surface area (Å²) in [6.07, 6.45) is 8.07. The van der Waals surface area contributed by atoms with Crippen molar-refractivity contribution in [3.63, 3.8) is 0 Å². The lowest BCUT2D eigenvalue weighted by Gasteiger charge is -2.25. The number of hydrogen-bond acceptors (Lipinski definition) is 4. The maximum absolute atomic E-state index is 5.82. The van der Waals surface area contributed by atoms with E-state index in [1.807, 2.05) is 18.7 Å². The lowest BCUT2D eigenvalue weighted by atomic mass is 10.1. The van der Waals surface area contributed by atoms with Gasteiger partial charge in [-0.15, -0.1) is 0 Å². The Labute approximate surface area is 138 Å². The largest absolute Gasteiger partial charge is 0.487 e. The van der Waals surface area contributed by atoms with Gasteiger partial charge in [-0.05, 0) is 50.9 Å². The SMILES string of the molecule is CC(Cc1ccc2c(c1)NCC(C)O2)NCCCn1ccnc1. The first-order chi connectivity index (χ1) is 11.2. The number of rotatable bonds is 7. The van der Waals surface area contributed by atoms with E-state index in [-0.39, 0.29) is 6.10 Å². The number of anilines is 1. The normalized spacial score (nSPS) is 17.9. The number of fused-ring (bicyclic) bond motifs is 1. The average molecular weight is 314 g/mol. The minimum Gasteiger partial charge on any atom is -0.487 e. The van der Waals surface area contributed by atoms with E-state index in [1.54, 1.807) is 0 Å². The molecule has 0 aliphatic carbocycles. The lowest BCUT2D eigenvalue weighted by Crippen LogP contribution is -2.30. The van der Waals surface area contributed by atoms with Gasteiger partial charge in [-0.25, -0.2) is 4.98 Å². The third kappa shape index (κ3) is 4.48. The summed E-state index contributed by atoms with van der Waals surface area (Å²) in [4.78, 5) is 4.06. The molecule has 124 valence electrons. The van der Waals surface area contributed by atoms with Crippen LogP contribution in [0, 0.1) is 0 Å². The zero-order valence-electron chi connectivity index (χ0n) is 14.0. The molecule has 0 saturated heterocycles. The number of imidazole rings is 1. The van der Waals surface area contributed by atoms with Crippen LogP contribution in [0.4, 0.5) is 5.69 Å². The van der Waals surface area contributed by atoms with Gasteiger partial charge in [0.05, 0.1) is 18.6 Å². The van der Waals surface area contributed by atoms with Gasteiger partial charge in [-0.1, -0.05) is 6.07 Å². The van der Waals surface area contributed by atoms with Crippen molar-refractivity contribution >= 4 is 5.69 Å². The molecular weight excluding hydrogens is 288 g/mol. The van der Waals surface area contributed by atoms with Gasteiger partial charge in [0.2, 0.25) is 0 Å². The van der Waals surface area contributed by atoms with Crippen molar-refractivity contribution in [3.8, 4) is 5.75 Å². The van der Waals surface area contributed by atoms with Gasteiger partial charge in [-0.2, -0.15) is 0 Å². The highest BCUT2D eigenvalue weighted by Crippen LogP contribution is 2.30. The van der Waals surface area contributed by atoms with Crippen LogP contribution < -0.4 is 15.4 Å². The summed E-state index contributed by atoms with van der Waals surface area (Å²) in [5.74, 6) is 0.966. The van der Waals surface area contributed by atoms with Crippen LogP contribution in [0.1, 0.15) is 25.8 Å². The van der Waals surface area contributed by atoms with Gasteiger partial charge in [0.25, 0.3) is 0 Å². The summed E-state index contributed by atoms with van der Waals surface area (Å²) >= 11 is 0. The van der Waals surface area contributed by atoms with Crippen molar-refractivity contribution < 1.29 is 4.74 Å². The van der Waals surface area contributed by atoms with Gasteiger partial charge < -0.3 is 19.9 Å². The van der Waals surface area contributed by atoms with Crippen LogP contribution >= 0.6 is 0 Å². The number of nitrogens with zero attached hydrogens (tertiary/aromatic N) is 2. The molecule has 2 heterocycles. The maximum atomic E-state index is 5.82. The van der Waals surface area contributed by atoms with E-state index in [1.165, 1.54) is 5.56 Å². The predicted molar refractivity (Wildman–Crippen MR) is 93.0 cm³/mol. The smallest absolute Gasteiger partial charge is 0.142 e. The summed E-state index contributed by atoms with van der Waals surface area (Å²) in [7, 11) is 0. The molecule has 5 nitrogen and oxygen atoms in total. The number of aryl methyl sites for hydroxylation is 1. The van der Waals surface area contributed by atoms with Crippen LogP contribution in [-0.2, 0) is 13.0 Å². The van der Waals surface area contributed by atoms with Crippen molar-refractivity contribution in [2.45, 2.75) is 45.4 Å². The molecule has 0 spiro atoms. The highest BCUT2D eigenvalue weighted by Gasteiger charge is 2.15. The highest BCUT2D eigenvalue weighted by molar-refractivity contribution is 5.59. The Hall–Kier alpha value is -2.01. The minimum atomic E-state index is 0.240. The first kappa shape index (κ1) is 15.9. The standard InChI is InChI=1S/C18H26N4O/c1-14(20-6-3-8-22-9-7-19-13-22)10-16-4-5-18-17(11-16)21-12-15(2)23-18/h4-5,7,9,11,13-15,20-21H,3,6,8,10,12H2,1-2H3. The van der Waals surface area contributed by atoms with E-state index in [9.17, 15) is 0 Å². The van der Waals surface area contributed by atoms with Crippen LogP contribution in [0.3, 0.4) is 0 Å². The fourth-order valence-electron chi connectivity index (χ4n) is 2.91. The predicted octanol–water partition coefficient (Wildman–Crippen LogP) is 2.69. The van der Waals surface area contributed by atoms with Crippen LogP contribution in [0.5, 0.6) is 5.75 Å². The molecule has 1 aromatic heterocycles. The topological polar surface area (TPSA) is 51.1 Å². The van der Waals surface area contributed by atoms with E-state index in [4.69, 9.17) is 4.74 Å². The van der Waals surface area contributed by atoms with Crippen molar-refractivity contribution in [3.05, 3.63) is 42.5 Å². The van der Waals surface area contributed by atoms with Gasteiger partial charge >= 0.3 is 0 Å². The van der Waals surface area contributed by atoms with Crippen molar-refractivity contribution in [2.75, 3.05) is 18.4 Å². The Balaban J connectivity index is 1.43. The molecule has 5 heteroatoms. The molecule has 0 fully saturated rings. The Morgan fingerprint density at radius 1 is 1.48 bits per heavy atom. The number of aromatic nitrogens is 2. The van der Waals surface area contributed by atoms with E-state index >= 15 is 0 Å². The molecule has 1 aliphatic heterocycles. The third-order valence-corrected chi connectivity index (χ3v) is 4.14. The van der Waals surface area contributed by atoms with Gasteiger partial charge in [-0.3, -0.25) is 0 Å². The van der Waals surface area contributed by atoms with Crippen LogP contribution in [0.2, 0.25) is 0 Å². The van der Waals surface area contributed by atoms with Gasteiger partial charge in [0.1, 0.15) is 11.9 Å². The third-order valence-electron chi connectivity index (χ3n) is 4.14. The molecule has 2 unspecified atom stereocenters. The molecule has 1 aromatic carbocycles. The first-order valence-corrected chi connectivity index (χ1v) is 8.43. The van der Waals surface area contributed by atoms with Crippen LogP contribution in [0.25, 0.3) is 0 Å². The van der Waals surface area contributed by atoms with E-state index in [0.717, 1.165) is 43.9 Å². The first-order valence-electron chi connectivity index (χ1n) is 8.43. The Morgan fingerprint density at radius 3 is 3.22 bits per heavy atom. The zero-order valence-corrected chi connectivity index (χ0v) is 14.0. The average Bonchev–Trinajstić information content (AvgIpc) is 3.05. The Morgan fingerprint density at radius 2 is 2.39 bits per heavy atom. The summed E-state index contributed by atoms with van der Waals surface area (Å²) in [5.41, 5.74) is 2.46.